The highest BCUT2D eigenvalue weighted by Gasteiger charge is 2.31. The second-order valence-corrected chi connectivity index (χ2v) is 8.10. The topological polar surface area (TPSA) is 64.6 Å². The second kappa shape index (κ2) is 8.56. The van der Waals surface area contributed by atoms with E-state index in [1.54, 1.807) is 0 Å². The van der Waals surface area contributed by atoms with Crippen molar-refractivity contribution in [2.24, 2.45) is 11.3 Å². The Morgan fingerprint density at radius 3 is 2.40 bits per heavy atom. The van der Waals surface area contributed by atoms with Gasteiger partial charge in [0.05, 0.1) is 6.10 Å². The molecule has 2 rings (SSSR count). The summed E-state index contributed by atoms with van der Waals surface area (Å²) in [5, 5.41) is 16.2. The van der Waals surface area contributed by atoms with Gasteiger partial charge in [0.25, 0.3) is 0 Å². The number of nitrogens with zero attached hydrogens (tertiary/aromatic N) is 1. The summed E-state index contributed by atoms with van der Waals surface area (Å²) in [6, 6.07) is 10.5. The molecule has 1 fully saturated rings. The number of amides is 2. The first kappa shape index (κ1) is 19.6. The lowest BCUT2D eigenvalue weighted by atomic mass is 9.81. The van der Waals surface area contributed by atoms with Gasteiger partial charge in [-0.3, -0.25) is 0 Å². The molecular formula is C20H33N3O2. The van der Waals surface area contributed by atoms with E-state index in [1.165, 1.54) is 5.69 Å². The zero-order chi connectivity index (χ0) is 18.4. The molecule has 0 bridgehead atoms. The normalized spacial score (nSPS) is 17.4. The Kier molecular flexibility index (Phi) is 6.71. The van der Waals surface area contributed by atoms with Crippen LogP contribution in [0.5, 0.6) is 0 Å². The summed E-state index contributed by atoms with van der Waals surface area (Å²) in [4.78, 5) is 14.5. The smallest absolute Gasteiger partial charge is 0.315 e. The third-order valence-electron chi connectivity index (χ3n) is 5.09. The number of rotatable bonds is 6. The average Bonchev–Trinajstić information content (AvgIpc) is 2.61. The highest BCUT2D eigenvalue weighted by atomic mass is 16.3. The second-order valence-electron chi connectivity index (χ2n) is 8.10. The Balaban J connectivity index is 1.73. The number of para-hydroxylation sites is 1. The van der Waals surface area contributed by atoms with Gasteiger partial charge < -0.3 is 20.6 Å². The molecule has 1 aromatic carbocycles. The summed E-state index contributed by atoms with van der Waals surface area (Å²) >= 11 is 0. The van der Waals surface area contributed by atoms with Crippen LogP contribution in [0.4, 0.5) is 10.5 Å². The molecule has 1 heterocycles. The van der Waals surface area contributed by atoms with Crippen molar-refractivity contribution in [2.45, 2.75) is 52.7 Å². The van der Waals surface area contributed by atoms with Crippen LogP contribution in [0.1, 0.15) is 40.5 Å². The standard InChI is InChI=1S/C20H33N3O2/c1-15(2)18(24)20(3,4)14-21-19(25)22-16-10-12-23(13-11-16)17-8-6-5-7-9-17/h5-9,15-16,18,24H,10-14H2,1-4H3,(H2,21,22,25). The fourth-order valence-corrected chi connectivity index (χ4v) is 3.47. The zero-order valence-electron chi connectivity index (χ0n) is 16.0. The van der Waals surface area contributed by atoms with E-state index in [-0.39, 0.29) is 23.4 Å². The highest BCUT2D eigenvalue weighted by molar-refractivity contribution is 5.74. The molecule has 0 saturated carbocycles. The van der Waals surface area contributed by atoms with Gasteiger partial charge in [-0.25, -0.2) is 4.79 Å². The van der Waals surface area contributed by atoms with Crippen molar-refractivity contribution in [1.82, 2.24) is 10.6 Å². The van der Waals surface area contributed by atoms with Crippen molar-refractivity contribution < 1.29 is 9.90 Å². The lowest BCUT2D eigenvalue weighted by Gasteiger charge is -2.35. The molecule has 5 heteroatoms. The summed E-state index contributed by atoms with van der Waals surface area (Å²) in [6.07, 6.45) is 1.45. The number of anilines is 1. The summed E-state index contributed by atoms with van der Waals surface area (Å²) in [5.41, 5.74) is 0.900. The van der Waals surface area contributed by atoms with Gasteiger partial charge in [-0.2, -0.15) is 0 Å². The molecule has 2 amide bonds. The Morgan fingerprint density at radius 1 is 1.24 bits per heavy atom. The summed E-state index contributed by atoms with van der Waals surface area (Å²) in [6.45, 7) is 10.3. The summed E-state index contributed by atoms with van der Waals surface area (Å²) in [5.74, 6) is 0.169. The Hall–Kier alpha value is -1.75. The van der Waals surface area contributed by atoms with Crippen LogP contribution in [0, 0.1) is 11.3 Å². The molecule has 25 heavy (non-hydrogen) atoms. The molecule has 0 radical (unpaired) electrons. The first-order valence-corrected chi connectivity index (χ1v) is 9.32. The number of hydrogen-bond acceptors (Lipinski definition) is 3. The van der Waals surface area contributed by atoms with Gasteiger partial charge in [-0.1, -0.05) is 45.9 Å². The molecule has 1 aromatic rings. The molecule has 0 aliphatic carbocycles. The zero-order valence-corrected chi connectivity index (χ0v) is 16.0. The van der Waals surface area contributed by atoms with Gasteiger partial charge in [-0.15, -0.1) is 0 Å². The summed E-state index contributed by atoms with van der Waals surface area (Å²) < 4.78 is 0. The maximum absolute atomic E-state index is 12.2. The van der Waals surface area contributed by atoms with Crippen molar-refractivity contribution in [2.75, 3.05) is 24.5 Å². The number of carbonyl (C=O) groups excluding carboxylic acids is 1. The molecule has 5 nitrogen and oxygen atoms in total. The SMILES string of the molecule is CC(C)C(O)C(C)(C)CNC(=O)NC1CCN(c2ccccc2)CC1. The lowest BCUT2D eigenvalue weighted by Crippen LogP contribution is -2.51. The average molecular weight is 348 g/mol. The number of nitrogens with one attached hydrogen (secondary N) is 2. The van der Waals surface area contributed by atoms with Gasteiger partial charge in [-0.05, 0) is 30.9 Å². The van der Waals surface area contributed by atoms with E-state index in [0.717, 1.165) is 25.9 Å². The maximum atomic E-state index is 12.2. The van der Waals surface area contributed by atoms with E-state index >= 15 is 0 Å². The van der Waals surface area contributed by atoms with Crippen LogP contribution in [0.2, 0.25) is 0 Å². The first-order chi connectivity index (χ1) is 11.8. The van der Waals surface area contributed by atoms with Crippen molar-refractivity contribution in [3.05, 3.63) is 30.3 Å². The molecular weight excluding hydrogens is 314 g/mol. The Morgan fingerprint density at radius 2 is 1.84 bits per heavy atom. The molecule has 1 saturated heterocycles. The van der Waals surface area contributed by atoms with E-state index in [9.17, 15) is 9.90 Å². The van der Waals surface area contributed by atoms with E-state index < -0.39 is 6.10 Å². The van der Waals surface area contributed by atoms with Gasteiger partial charge in [0.1, 0.15) is 0 Å². The number of aliphatic hydroxyl groups excluding tert-OH is 1. The highest BCUT2D eigenvalue weighted by Crippen LogP contribution is 2.25. The van der Waals surface area contributed by atoms with Crippen molar-refractivity contribution in [3.63, 3.8) is 0 Å². The third kappa shape index (κ3) is 5.63. The molecule has 1 aliphatic rings. The molecule has 1 atom stereocenters. The van der Waals surface area contributed by atoms with Crippen molar-refractivity contribution in [1.29, 1.82) is 0 Å². The van der Waals surface area contributed by atoms with E-state index in [1.807, 2.05) is 33.8 Å². The minimum absolute atomic E-state index is 0.137. The molecule has 3 N–H and O–H groups in total. The van der Waals surface area contributed by atoms with E-state index in [4.69, 9.17) is 0 Å². The number of piperidine rings is 1. The van der Waals surface area contributed by atoms with E-state index in [2.05, 4.69) is 39.8 Å². The number of carbonyl (C=O) groups is 1. The molecule has 0 spiro atoms. The summed E-state index contributed by atoms with van der Waals surface area (Å²) in [7, 11) is 0. The van der Waals surface area contributed by atoms with Crippen LogP contribution in [0.15, 0.2) is 30.3 Å². The maximum Gasteiger partial charge on any atom is 0.315 e. The first-order valence-electron chi connectivity index (χ1n) is 9.32. The van der Waals surface area contributed by atoms with E-state index in [0.29, 0.717) is 6.54 Å². The van der Waals surface area contributed by atoms with Crippen LogP contribution in [-0.4, -0.2) is 42.9 Å². The fourth-order valence-electron chi connectivity index (χ4n) is 3.47. The number of benzene rings is 1. The number of aliphatic hydroxyl groups is 1. The van der Waals surface area contributed by atoms with Gasteiger partial charge in [0.2, 0.25) is 0 Å². The molecule has 140 valence electrons. The van der Waals surface area contributed by atoms with Crippen LogP contribution in [0.25, 0.3) is 0 Å². The number of hydrogen-bond donors (Lipinski definition) is 3. The molecule has 0 aromatic heterocycles. The fraction of sp³-hybridized carbons (Fsp3) is 0.650. The third-order valence-corrected chi connectivity index (χ3v) is 5.09. The van der Waals surface area contributed by atoms with Crippen LogP contribution >= 0.6 is 0 Å². The molecule has 1 aliphatic heterocycles. The monoisotopic (exact) mass is 347 g/mol. The predicted octanol–water partition coefficient (Wildman–Crippen LogP) is 3.00. The van der Waals surface area contributed by atoms with Crippen molar-refractivity contribution in [3.8, 4) is 0 Å². The van der Waals surface area contributed by atoms with Gasteiger partial charge in [0.15, 0.2) is 0 Å². The van der Waals surface area contributed by atoms with Gasteiger partial charge in [0, 0.05) is 36.8 Å². The van der Waals surface area contributed by atoms with Crippen LogP contribution < -0.4 is 15.5 Å². The van der Waals surface area contributed by atoms with Gasteiger partial charge >= 0.3 is 6.03 Å². The quantitative estimate of drug-likeness (QED) is 0.741. The van der Waals surface area contributed by atoms with Crippen molar-refractivity contribution >= 4 is 11.7 Å². The largest absolute Gasteiger partial charge is 0.392 e. The Bertz CT molecular complexity index is 537. The Labute approximate surface area is 151 Å². The lowest BCUT2D eigenvalue weighted by molar-refractivity contribution is 0.0151. The minimum atomic E-state index is -0.443. The number of urea groups is 1. The van der Waals surface area contributed by atoms with Crippen LogP contribution in [-0.2, 0) is 0 Å². The van der Waals surface area contributed by atoms with Crippen LogP contribution in [0.3, 0.4) is 0 Å². The molecule has 1 unspecified atom stereocenters. The minimum Gasteiger partial charge on any atom is -0.392 e. The predicted molar refractivity (Wildman–Crippen MR) is 103 cm³/mol.